The summed E-state index contributed by atoms with van der Waals surface area (Å²) >= 11 is 0. The van der Waals surface area contributed by atoms with Crippen molar-refractivity contribution < 1.29 is 27.4 Å². The number of methoxy groups -OCH3 is 1. The minimum absolute atomic E-state index is 0.0128. The summed E-state index contributed by atoms with van der Waals surface area (Å²) in [7, 11) is 1.55. The maximum atomic E-state index is 13.4. The maximum Gasteiger partial charge on any atom is 0.317 e. The zero-order chi connectivity index (χ0) is 57.0. The number of nitrogens with zero attached hydrogens (tertiary/aromatic N) is 12. The first-order valence-electron chi connectivity index (χ1n) is 28.0. The van der Waals surface area contributed by atoms with Crippen LogP contribution in [0.4, 0.5) is 13.2 Å². The van der Waals surface area contributed by atoms with E-state index in [1.165, 1.54) is 36.4 Å². The highest BCUT2D eigenvalue weighted by molar-refractivity contribution is 5.79. The Morgan fingerprint density at radius 2 is 0.683 bits per heavy atom. The Hall–Kier alpha value is -8.40. The zero-order valence-electron chi connectivity index (χ0n) is 46.7. The number of imidazole rings is 3. The monoisotopic (exact) mass is 1120 g/mol. The summed E-state index contributed by atoms with van der Waals surface area (Å²) in [6, 6.07) is 26.8. The lowest BCUT2D eigenvalue weighted by molar-refractivity contribution is 0.222. The predicted octanol–water partition coefficient (Wildman–Crippen LogP) is 10.8. The number of hydrogen-bond donors (Lipinski definition) is 3. The van der Waals surface area contributed by atoms with Crippen LogP contribution in [0.25, 0.3) is 67.9 Å². The second kappa shape index (κ2) is 26.9. The van der Waals surface area contributed by atoms with Crippen molar-refractivity contribution in [3.63, 3.8) is 0 Å². The Balaban J connectivity index is 0.000000138. The lowest BCUT2D eigenvalue weighted by Gasteiger charge is -2.25. The molecular formula is C61H68F3N15O3. The van der Waals surface area contributed by atoms with E-state index in [0.717, 1.165) is 146 Å². The van der Waals surface area contributed by atoms with Gasteiger partial charge >= 0.3 is 18.0 Å². The molecule has 3 N–H and O–H groups in total. The van der Waals surface area contributed by atoms with E-state index in [1.807, 2.05) is 64.9 Å². The Kier molecular flexibility index (Phi) is 18.7. The number of ether oxygens (including phenoxy) is 3. The molecule has 9 heterocycles. The van der Waals surface area contributed by atoms with Crippen molar-refractivity contribution in [1.82, 2.24) is 74.5 Å². The Bertz CT molecular complexity index is 3320. The van der Waals surface area contributed by atoms with Gasteiger partial charge in [0.1, 0.15) is 17.5 Å². The highest BCUT2D eigenvalue weighted by Gasteiger charge is 2.27. The molecule has 3 aliphatic rings. The van der Waals surface area contributed by atoms with E-state index in [2.05, 4.69) is 74.5 Å². The quantitative estimate of drug-likeness (QED) is 0.0930. The molecule has 6 aromatic heterocycles. The van der Waals surface area contributed by atoms with Crippen molar-refractivity contribution in [1.29, 1.82) is 0 Å². The molecule has 21 heteroatoms. The fraction of sp³-hybridized carbons (Fsp3) is 0.361. The smallest absolute Gasteiger partial charge is 0.317 e. The van der Waals surface area contributed by atoms with Crippen molar-refractivity contribution in [2.24, 2.45) is 0 Å². The molecule has 0 amide bonds. The number of rotatable bonds is 14. The molecule has 0 spiro atoms. The van der Waals surface area contributed by atoms with E-state index in [-0.39, 0.29) is 29.7 Å². The highest BCUT2D eigenvalue weighted by Crippen LogP contribution is 2.38. The standard InChI is InChI=1S/2C21H24FN5O.C19H20FN5O/c2*1-14(2)28-21-24-12-9-18(26-21)20-19(15-3-5-16(22)6-4-15)25-13-27(20)17-7-10-23-11-8-17;1-26-19-22-11-8-16(24-19)18-17(13-2-4-14(20)5-3-13)23-12-25(18)15-6-9-21-10-7-15/h2*3-6,9,12-14,17,23H,7-8,10-11H2,1-2H3;2-5,8,11-12,15,21H,6-7,9-10H2,1H3. The second-order valence-electron chi connectivity index (χ2n) is 20.7. The van der Waals surface area contributed by atoms with Crippen LogP contribution in [-0.2, 0) is 0 Å². The minimum Gasteiger partial charge on any atom is -0.467 e. The van der Waals surface area contributed by atoms with Crippen molar-refractivity contribution in [2.75, 3.05) is 46.4 Å². The van der Waals surface area contributed by atoms with Gasteiger partial charge in [-0.2, -0.15) is 15.0 Å². The van der Waals surface area contributed by atoms with Crippen molar-refractivity contribution in [2.45, 2.75) is 96.6 Å². The van der Waals surface area contributed by atoms with Crippen LogP contribution in [0.2, 0.25) is 0 Å². The molecule has 3 fully saturated rings. The van der Waals surface area contributed by atoms with Crippen molar-refractivity contribution >= 4 is 0 Å². The van der Waals surface area contributed by atoms with E-state index in [1.54, 1.807) is 62.1 Å². The number of piperidine rings is 3. The van der Waals surface area contributed by atoms with Gasteiger partial charge < -0.3 is 43.9 Å². The molecule has 18 nitrogen and oxygen atoms in total. The van der Waals surface area contributed by atoms with E-state index in [4.69, 9.17) is 14.2 Å². The highest BCUT2D eigenvalue weighted by atomic mass is 19.1. The van der Waals surface area contributed by atoms with Gasteiger partial charge in [-0.3, -0.25) is 0 Å². The number of nitrogens with one attached hydrogen (secondary N) is 3. The van der Waals surface area contributed by atoms with Gasteiger partial charge in [0, 0.05) is 53.4 Å². The van der Waals surface area contributed by atoms with Gasteiger partial charge in [-0.1, -0.05) is 0 Å². The number of aromatic nitrogens is 12. The molecule has 3 saturated heterocycles. The fourth-order valence-electron chi connectivity index (χ4n) is 10.4. The fourth-order valence-corrected chi connectivity index (χ4v) is 10.4. The SMILES string of the molecule is CC(C)Oc1nccc(-c2c(-c3ccc(F)cc3)ncn2C2CCNCC2)n1.CC(C)Oc1nccc(-c2c(-c3ccc(F)cc3)ncn2C2CCNCC2)n1.COc1nccc(-c2c(-c3ccc(F)cc3)ncn2C2CCNCC2)n1. The Labute approximate surface area is 475 Å². The number of hydrogen-bond acceptors (Lipinski definition) is 15. The normalized spacial score (nSPS) is 15.1. The average Bonchev–Trinajstić information content (AvgIpc) is 4.07. The Morgan fingerprint density at radius 1 is 0.402 bits per heavy atom. The largest absolute Gasteiger partial charge is 0.467 e. The molecule has 0 bridgehead atoms. The van der Waals surface area contributed by atoms with E-state index in [0.29, 0.717) is 36.2 Å². The maximum absolute atomic E-state index is 13.4. The summed E-state index contributed by atoms with van der Waals surface area (Å²) in [5.41, 5.74) is 9.89. The topological polar surface area (TPSA) is 195 Å². The van der Waals surface area contributed by atoms with E-state index < -0.39 is 0 Å². The van der Waals surface area contributed by atoms with Gasteiger partial charge in [-0.25, -0.2) is 43.1 Å². The molecule has 0 unspecified atom stereocenters. The van der Waals surface area contributed by atoms with Crippen LogP contribution in [-0.4, -0.2) is 117 Å². The van der Waals surface area contributed by atoms with Gasteiger partial charge in [0.05, 0.1) is 89.5 Å². The average molecular weight is 1120 g/mol. The minimum atomic E-state index is -0.267. The third-order valence-electron chi connectivity index (χ3n) is 14.3. The van der Waals surface area contributed by atoms with E-state index in [9.17, 15) is 13.2 Å². The number of benzene rings is 3. The van der Waals surface area contributed by atoms with Gasteiger partial charge in [0.25, 0.3) is 0 Å². The summed E-state index contributed by atoms with van der Waals surface area (Å²) in [5, 5.41) is 10.2. The summed E-state index contributed by atoms with van der Waals surface area (Å²) in [4.78, 5) is 40.3. The molecule has 9 aromatic rings. The van der Waals surface area contributed by atoms with Crippen molar-refractivity contribution in [3.8, 4) is 86.0 Å². The first kappa shape index (κ1) is 56.9. The molecule has 0 saturated carbocycles. The second-order valence-corrected chi connectivity index (χ2v) is 20.7. The van der Waals surface area contributed by atoms with Crippen LogP contribution in [0.5, 0.6) is 18.0 Å². The third-order valence-corrected chi connectivity index (χ3v) is 14.3. The van der Waals surface area contributed by atoms with Crippen LogP contribution in [0.15, 0.2) is 129 Å². The van der Waals surface area contributed by atoms with Crippen LogP contribution in [0.3, 0.4) is 0 Å². The summed E-state index contributed by atoms with van der Waals surface area (Å²) < 4.78 is 63.3. The zero-order valence-corrected chi connectivity index (χ0v) is 46.7. The van der Waals surface area contributed by atoms with Gasteiger partial charge in [0.15, 0.2) is 0 Å². The number of halogens is 3. The third kappa shape index (κ3) is 13.8. The first-order chi connectivity index (χ1) is 40.0. The van der Waals surface area contributed by atoms with Crippen molar-refractivity contribution in [3.05, 3.63) is 146 Å². The molecule has 0 atom stereocenters. The van der Waals surface area contributed by atoms with Gasteiger partial charge in [-0.15, -0.1) is 0 Å². The van der Waals surface area contributed by atoms with Crippen LogP contribution >= 0.6 is 0 Å². The lowest BCUT2D eigenvalue weighted by atomic mass is 10.0. The lowest BCUT2D eigenvalue weighted by Crippen LogP contribution is -2.29. The Morgan fingerprint density at radius 3 is 0.963 bits per heavy atom. The summed E-state index contributed by atoms with van der Waals surface area (Å²) in [5.74, 6) is -0.799. The van der Waals surface area contributed by atoms with Crippen LogP contribution in [0.1, 0.15) is 84.3 Å². The molecule has 82 heavy (non-hydrogen) atoms. The van der Waals surface area contributed by atoms with E-state index >= 15 is 0 Å². The van der Waals surface area contributed by atoms with Gasteiger partial charge in [0.2, 0.25) is 0 Å². The first-order valence-corrected chi connectivity index (χ1v) is 28.0. The summed E-state index contributed by atoms with van der Waals surface area (Å²) in [6.45, 7) is 13.6. The summed E-state index contributed by atoms with van der Waals surface area (Å²) in [6.07, 6.45) is 16.8. The molecular weight excluding hydrogens is 1050 g/mol. The van der Waals surface area contributed by atoms with Gasteiger partial charge in [-0.05, 0) is 196 Å². The molecule has 0 radical (unpaired) electrons. The molecule has 3 aliphatic heterocycles. The molecule has 3 aromatic carbocycles. The predicted molar refractivity (Wildman–Crippen MR) is 307 cm³/mol. The van der Waals surface area contributed by atoms with Crippen LogP contribution < -0.4 is 30.2 Å². The molecule has 12 rings (SSSR count). The molecule has 426 valence electrons. The molecule has 0 aliphatic carbocycles. The van der Waals surface area contributed by atoms with Crippen LogP contribution in [0, 0.1) is 17.5 Å².